The number of benzene rings is 2. The Balaban J connectivity index is 2.10. The number of hydrogen-bond acceptors (Lipinski definition) is 1. The van der Waals surface area contributed by atoms with Gasteiger partial charge in [0.05, 0.1) is 0 Å². The summed E-state index contributed by atoms with van der Waals surface area (Å²) in [5, 5.41) is 2.71. The second-order valence-electron chi connectivity index (χ2n) is 4.68. The van der Waals surface area contributed by atoms with Gasteiger partial charge in [0, 0.05) is 28.5 Å². The molecule has 3 rings (SSSR count). The zero-order valence-corrected chi connectivity index (χ0v) is 12.9. The first-order valence-corrected chi connectivity index (χ1v) is 9.09. The third kappa shape index (κ3) is 2.31. The molecule has 2 aromatic rings. The first-order chi connectivity index (χ1) is 9.26. The molecule has 0 spiro atoms. The molecule has 2 unspecified atom stereocenters. The Bertz CT molecular complexity index is 559. The molecule has 1 heterocycles. The molecule has 2 nitrogen and oxygen atoms in total. The van der Waals surface area contributed by atoms with Crippen molar-refractivity contribution in [2.75, 3.05) is 11.9 Å². The number of hydrogen-bond donors (Lipinski definition) is 0. The van der Waals surface area contributed by atoms with Gasteiger partial charge in [-0.25, -0.2) is 4.67 Å². The summed E-state index contributed by atoms with van der Waals surface area (Å²) in [5.41, 5.74) is 0. The van der Waals surface area contributed by atoms with Gasteiger partial charge < -0.3 is 0 Å². The van der Waals surface area contributed by atoms with Gasteiger partial charge in [-0.2, -0.15) is 0 Å². The van der Waals surface area contributed by atoms with Crippen molar-refractivity contribution < 1.29 is 4.57 Å². The van der Waals surface area contributed by atoms with Gasteiger partial charge in [-0.3, -0.25) is 4.57 Å². The summed E-state index contributed by atoms with van der Waals surface area (Å²) in [6.07, 6.45) is 0. The fourth-order valence-corrected chi connectivity index (χ4v) is 6.13. The highest BCUT2D eigenvalue weighted by Gasteiger charge is 2.48. The van der Waals surface area contributed by atoms with E-state index in [1.807, 2.05) is 60.7 Å². The molecule has 1 saturated heterocycles. The lowest BCUT2D eigenvalue weighted by Gasteiger charge is -2.21. The van der Waals surface area contributed by atoms with E-state index in [0.717, 1.165) is 22.5 Å². The highest BCUT2D eigenvalue weighted by molar-refractivity contribution is 9.09. The van der Waals surface area contributed by atoms with Crippen LogP contribution >= 0.6 is 23.2 Å². The summed E-state index contributed by atoms with van der Waals surface area (Å²) < 4.78 is 15.8. The number of halogens is 1. The molecular weight excluding hydrogens is 321 g/mol. The van der Waals surface area contributed by atoms with Gasteiger partial charge in [0.1, 0.15) is 0 Å². The standard InChI is InChI=1S/C15H15BrNOP/c16-11-13-12-17(13)19(18,14-7-3-1-4-8-14)15-9-5-2-6-10-15/h1-10,13H,11-12H2. The maximum absolute atomic E-state index is 13.7. The Labute approximate surface area is 122 Å². The zero-order chi connectivity index (χ0) is 13.3. The SMILES string of the molecule is O=P(c1ccccc1)(c1ccccc1)N1CC1CBr. The number of rotatable bonds is 4. The number of alkyl halides is 1. The highest BCUT2D eigenvalue weighted by Crippen LogP contribution is 2.54. The molecule has 0 aromatic heterocycles. The normalized spacial score (nSPS) is 22.2. The molecule has 4 heteroatoms. The average Bonchev–Trinajstić information content (AvgIpc) is 3.28. The van der Waals surface area contributed by atoms with Crippen molar-refractivity contribution in [3.63, 3.8) is 0 Å². The highest BCUT2D eigenvalue weighted by atomic mass is 79.9. The molecule has 2 aromatic carbocycles. The summed E-state index contributed by atoms with van der Waals surface area (Å²) in [4.78, 5) is 0. The maximum Gasteiger partial charge on any atom is 0.207 e. The number of nitrogens with zero attached hydrogens (tertiary/aromatic N) is 1. The van der Waals surface area contributed by atoms with E-state index in [0.29, 0.717) is 6.04 Å². The largest absolute Gasteiger partial charge is 0.296 e. The minimum atomic E-state index is -2.65. The monoisotopic (exact) mass is 335 g/mol. The van der Waals surface area contributed by atoms with Crippen molar-refractivity contribution in [1.29, 1.82) is 0 Å². The second kappa shape index (κ2) is 5.24. The van der Waals surface area contributed by atoms with E-state index >= 15 is 0 Å². The van der Waals surface area contributed by atoms with Crippen LogP contribution in [0, 0.1) is 0 Å². The van der Waals surface area contributed by atoms with Crippen LogP contribution in [0.25, 0.3) is 0 Å². The van der Waals surface area contributed by atoms with Crippen LogP contribution in [0.5, 0.6) is 0 Å². The van der Waals surface area contributed by atoms with E-state index in [-0.39, 0.29) is 0 Å². The fraction of sp³-hybridized carbons (Fsp3) is 0.200. The first-order valence-electron chi connectivity index (χ1n) is 6.31. The molecule has 0 aliphatic carbocycles. The van der Waals surface area contributed by atoms with Crippen LogP contribution in [0.15, 0.2) is 60.7 Å². The van der Waals surface area contributed by atoms with Gasteiger partial charge >= 0.3 is 0 Å². The van der Waals surface area contributed by atoms with Gasteiger partial charge in [-0.05, 0) is 24.3 Å². The van der Waals surface area contributed by atoms with Crippen molar-refractivity contribution in [3.8, 4) is 0 Å². The lowest BCUT2D eigenvalue weighted by atomic mass is 10.4. The van der Waals surface area contributed by atoms with Crippen LogP contribution < -0.4 is 10.6 Å². The van der Waals surface area contributed by atoms with Crippen molar-refractivity contribution >= 4 is 33.8 Å². The van der Waals surface area contributed by atoms with Crippen molar-refractivity contribution in [2.24, 2.45) is 0 Å². The van der Waals surface area contributed by atoms with Gasteiger partial charge in [0.15, 0.2) is 0 Å². The molecular formula is C15H15BrNOP. The quantitative estimate of drug-likeness (QED) is 0.486. The van der Waals surface area contributed by atoms with Crippen LogP contribution in [0.4, 0.5) is 0 Å². The third-order valence-corrected chi connectivity index (χ3v) is 7.39. The van der Waals surface area contributed by atoms with Crippen LogP contribution in [0.1, 0.15) is 0 Å². The predicted octanol–water partition coefficient (Wildman–Crippen LogP) is 2.99. The Morgan fingerprint density at radius 1 is 1.00 bits per heavy atom. The molecule has 98 valence electrons. The van der Waals surface area contributed by atoms with E-state index in [9.17, 15) is 4.57 Å². The lowest BCUT2D eigenvalue weighted by molar-refractivity contribution is 0.561. The zero-order valence-electron chi connectivity index (χ0n) is 10.4. The Kier molecular flexibility index (Phi) is 3.62. The van der Waals surface area contributed by atoms with Crippen LogP contribution in [-0.2, 0) is 4.57 Å². The van der Waals surface area contributed by atoms with E-state index < -0.39 is 7.29 Å². The summed E-state index contributed by atoms with van der Waals surface area (Å²) in [6, 6.07) is 20.0. The van der Waals surface area contributed by atoms with Crippen LogP contribution in [-0.4, -0.2) is 22.6 Å². The van der Waals surface area contributed by atoms with E-state index in [1.165, 1.54) is 0 Å². The Morgan fingerprint density at radius 2 is 1.47 bits per heavy atom. The molecule has 1 aliphatic rings. The molecule has 0 radical (unpaired) electrons. The first kappa shape index (κ1) is 13.1. The summed E-state index contributed by atoms with van der Waals surface area (Å²) >= 11 is 3.49. The van der Waals surface area contributed by atoms with Crippen LogP contribution in [0.3, 0.4) is 0 Å². The van der Waals surface area contributed by atoms with Gasteiger partial charge in [-0.1, -0.05) is 52.3 Å². The second-order valence-corrected chi connectivity index (χ2v) is 8.02. The minimum Gasteiger partial charge on any atom is -0.296 e. The third-order valence-electron chi connectivity index (χ3n) is 3.44. The van der Waals surface area contributed by atoms with Crippen molar-refractivity contribution in [2.45, 2.75) is 6.04 Å². The summed E-state index contributed by atoms with van der Waals surface area (Å²) in [6.45, 7) is 0.895. The molecule has 1 aliphatic heterocycles. The maximum atomic E-state index is 13.7. The lowest BCUT2D eigenvalue weighted by Crippen LogP contribution is -2.22. The topological polar surface area (TPSA) is 20.1 Å². The average molecular weight is 336 g/mol. The van der Waals surface area contributed by atoms with Crippen molar-refractivity contribution in [3.05, 3.63) is 60.7 Å². The molecule has 0 saturated carbocycles. The Hall–Kier alpha value is -0.890. The van der Waals surface area contributed by atoms with E-state index in [2.05, 4.69) is 20.6 Å². The molecule has 2 atom stereocenters. The molecule has 1 fully saturated rings. The van der Waals surface area contributed by atoms with Gasteiger partial charge in [0.2, 0.25) is 7.29 Å². The van der Waals surface area contributed by atoms with Gasteiger partial charge in [0.25, 0.3) is 0 Å². The molecule has 0 amide bonds. The molecule has 0 N–H and O–H groups in total. The van der Waals surface area contributed by atoms with Crippen LogP contribution in [0.2, 0.25) is 0 Å². The van der Waals surface area contributed by atoms with E-state index in [1.54, 1.807) is 0 Å². The summed E-state index contributed by atoms with van der Waals surface area (Å²) in [7, 11) is -2.65. The summed E-state index contributed by atoms with van der Waals surface area (Å²) in [5.74, 6) is 0. The minimum absolute atomic E-state index is 0.381. The van der Waals surface area contributed by atoms with E-state index in [4.69, 9.17) is 0 Å². The fourth-order valence-electron chi connectivity index (χ4n) is 2.35. The predicted molar refractivity (Wildman–Crippen MR) is 84.0 cm³/mol. The van der Waals surface area contributed by atoms with Gasteiger partial charge in [-0.15, -0.1) is 0 Å². The smallest absolute Gasteiger partial charge is 0.207 e. The molecule has 0 bridgehead atoms. The Morgan fingerprint density at radius 3 is 1.84 bits per heavy atom. The van der Waals surface area contributed by atoms with Crippen molar-refractivity contribution in [1.82, 2.24) is 4.67 Å². The molecule has 19 heavy (non-hydrogen) atoms.